The van der Waals surface area contributed by atoms with E-state index in [1.165, 1.54) is 11.8 Å². The first-order valence-corrected chi connectivity index (χ1v) is 10.6. The van der Waals surface area contributed by atoms with E-state index >= 15 is 0 Å². The van der Waals surface area contributed by atoms with Crippen molar-refractivity contribution in [2.24, 2.45) is 7.05 Å². The summed E-state index contributed by atoms with van der Waals surface area (Å²) in [4.78, 5) is 31.9. The van der Waals surface area contributed by atoms with E-state index in [9.17, 15) is 9.59 Å². The van der Waals surface area contributed by atoms with Gasteiger partial charge in [0, 0.05) is 18.5 Å². The average Bonchev–Trinajstić information content (AvgIpc) is 3.31. The van der Waals surface area contributed by atoms with Gasteiger partial charge >= 0.3 is 0 Å². The lowest BCUT2D eigenvalue weighted by molar-refractivity contribution is -0.133. The number of hydrogen-bond donors (Lipinski definition) is 1. The molecule has 0 spiro atoms. The number of likely N-dealkylation sites (N-methyl/N-ethyl adjacent to an activating group) is 1. The molecule has 0 fully saturated rings. The van der Waals surface area contributed by atoms with Gasteiger partial charge in [-0.15, -0.1) is 11.3 Å². The summed E-state index contributed by atoms with van der Waals surface area (Å²) in [6, 6.07) is 11.8. The lowest BCUT2D eigenvalue weighted by Crippen LogP contribution is -2.41. The second-order valence-corrected chi connectivity index (χ2v) is 7.97. The van der Waals surface area contributed by atoms with Gasteiger partial charge in [-0.25, -0.2) is 4.98 Å². The number of thiophene rings is 1. The molecule has 1 aromatic carbocycles. The smallest absolute Gasteiger partial charge is 0.239 e. The van der Waals surface area contributed by atoms with E-state index in [0.717, 1.165) is 21.1 Å². The molecule has 6 nitrogen and oxygen atoms in total. The summed E-state index contributed by atoms with van der Waals surface area (Å²) in [6.07, 6.45) is 0. The van der Waals surface area contributed by atoms with E-state index in [1.807, 2.05) is 60.3 Å². The van der Waals surface area contributed by atoms with Crippen molar-refractivity contribution < 1.29 is 9.59 Å². The average molecular weight is 403 g/mol. The van der Waals surface area contributed by atoms with E-state index in [2.05, 4.69) is 10.3 Å². The number of aromatic nitrogens is 2. The lowest BCUT2D eigenvalue weighted by atomic mass is 10.3. The number of rotatable bonds is 8. The molecule has 0 aliphatic carbocycles. The molecule has 0 aliphatic heterocycles. The number of fused-ring (bicyclic) bond motifs is 1. The van der Waals surface area contributed by atoms with Crippen LogP contribution in [-0.2, 0) is 23.2 Å². The van der Waals surface area contributed by atoms with Crippen LogP contribution in [0, 0.1) is 0 Å². The molecule has 3 rings (SSSR count). The van der Waals surface area contributed by atoms with Crippen LogP contribution >= 0.6 is 23.1 Å². The zero-order valence-corrected chi connectivity index (χ0v) is 17.0. The van der Waals surface area contributed by atoms with Crippen LogP contribution in [0.25, 0.3) is 11.0 Å². The Hall–Kier alpha value is -2.32. The fourth-order valence-electron chi connectivity index (χ4n) is 2.67. The van der Waals surface area contributed by atoms with Gasteiger partial charge < -0.3 is 14.8 Å². The molecule has 3 aromatic rings. The third-order valence-corrected chi connectivity index (χ3v) is 6.07. The first-order valence-electron chi connectivity index (χ1n) is 8.69. The molecule has 0 atom stereocenters. The molecular formula is C19H22N4O2S2. The molecule has 0 saturated heterocycles. The van der Waals surface area contributed by atoms with Crippen LogP contribution in [0.3, 0.4) is 0 Å². The van der Waals surface area contributed by atoms with Crippen LogP contribution in [0.5, 0.6) is 0 Å². The Kier molecular flexibility index (Phi) is 6.52. The van der Waals surface area contributed by atoms with Crippen molar-refractivity contribution in [3.05, 3.63) is 46.7 Å². The second kappa shape index (κ2) is 9.05. The van der Waals surface area contributed by atoms with Crippen molar-refractivity contribution in [1.82, 2.24) is 19.8 Å². The highest BCUT2D eigenvalue weighted by Crippen LogP contribution is 2.22. The lowest BCUT2D eigenvalue weighted by Gasteiger charge is -2.20. The Morgan fingerprint density at radius 3 is 2.78 bits per heavy atom. The van der Waals surface area contributed by atoms with Crippen LogP contribution in [0.2, 0.25) is 0 Å². The maximum absolute atomic E-state index is 12.5. The predicted octanol–water partition coefficient (Wildman–Crippen LogP) is 2.89. The summed E-state index contributed by atoms with van der Waals surface area (Å²) in [5.41, 5.74) is 1.95. The monoisotopic (exact) mass is 402 g/mol. The minimum atomic E-state index is -0.147. The summed E-state index contributed by atoms with van der Waals surface area (Å²) in [7, 11) is 1.94. The van der Waals surface area contributed by atoms with Gasteiger partial charge in [0.05, 0.1) is 29.9 Å². The number of thioether (sulfide) groups is 1. The van der Waals surface area contributed by atoms with Gasteiger partial charge in [-0.3, -0.25) is 9.59 Å². The van der Waals surface area contributed by atoms with Crippen LogP contribution < -0.4 is 5.32 Å². The predicted molar refractivity (Wildman–Crippen MR) is 110 cm³/mol. The molecule has 0 aliphatic rings. The van der Waals surface area contributed by atoms with Crippen molar-refractivity contribution in [3.8, 4) is 0 Å². The van der Waals surface area contributed by atoms with Gasteiger partial charge in [0.15, 0.2) is 5.16 Å². The SMILES string of the molecule is CCN(CC(=O)NCc1cccs1)C(=O)CSc1nc2ccccc2n1C. The molecule has 2 aromatic heterocycles. The van der Waals surface area contributed by atoms with Crippen molar-refractivity contribution in [2.75, 3.05) is 18.8 Å². The van der Waals surface area contributed by atoms with E-state index in [-0.39, 0.29) is 24.1 Å². The zero-order valence-electron chi connectivity index (χ0n) is 15.3. The third kappa shape index (κ3) is 4.90. The summed E-state index contributed by atoms with van der Waals surface area (Å²) < 4.78 is 1.98. The molecule has 142 valence electrons. The highest BCUT2D eigenvalue weighted by Gasteiger charge is 2.17. The van der Waals surface area contributed by atoms with Crippen molar-refractivity contribution in [3.63, 3.8) is 0 Å². The van der Waals surface area contributed by atoms with Crippen LogP contribution in [0.15, 0.2) is 46.9 Å². The molecular weight excluding hydrogens is 380 g/mol. The number of carbonyl (C=O) groups is 2. The Morgan fingerprint density at radius 1 is 1.26 bits per heavy atom. The third-order valence-electron chi connectivity index (χ3n) is 4.18. The molecule has 2 amide bonds. The molecule has 0 radical (unpaired) electrons. The van der Waals surface area contributed by atoms with E-state index in [0.29, 0.717) is 13.1 Å². The summed E-state index contributed by atoms with van der Waals surface area (Å²) in [5.74, 6) is 0.0376. The number of benzene rings is 1. The summed E-state index contributed by atoms with van der Waals surface area (Å²) >= 11 is 2.99. The van der Waals surface area contributed by atoms with Gasteiger partial charge in [-0.2, -0.15) is 0 Å². The van der Waals surface area contributed by atoms with Gasteiger partial charge in [0.2, 0.25) is 11.8 Å². The standard InChI is InChI=1S/C19H22N4O2S2/c1-3-23(12-17(24)20-11-14-7-6-10-26-14)18(25)13-27-19-21-15-8-4-5-9-16(15)22(19)2/h4-10H,3,11-13H2,1-2H3,(H,20,24). The van der Waals surface area contributed by atoms with E-state index in [1.54, 1.807) is 16.2 Å². The van der Waals surface area contributed by atoms with Gasteiger partial charge in [-0.05, 0) is 30.5 Å². The van der Waals surface area contributed by atoms with Crippen LogP contribution in [0.1, 0.15) is 11.8 Å². The maximum atomic E-state index is 12.5. The largest absolute Gasteiger partial charge is 0.350 e. The van der Waals surface area contributed by atoms with Crippen molar-refractivity contribution in [1.29, 1.82) is 0 Å². The highest BCUT2D eigenvalue weighted by molar-refractivity contribution is 7.99. The molecule has 27 heavy (non-hydrogen) atoms. The first kappa shape index (κ1) is 19.4. The van der Waals surface area contributed by atoms with Crippen LogP contribution in [0.4, 0.5) is 0 Å². The Labute approximate surface area is 166 Å². The number of imidazole rings is 1. The Morgan fingerprint density at radius 2 is 2.07 bits per heavy atom. The number of carbonyl (C=O) groups excluding carboxylic acids is 2. The minimum Gasteiger partial charge on any atom is -0.350 e. The van der Waals surface area contributed by atoms with E-state index < -0.39 is 0 Å². The number of para-hydroxylation sites is 2. The molecule has 2 heterocycles. The van der Waals surface area contributed by atoms with Crippen LogP contribution in [-0.4, -0.2) is 45.1 Å². The van der Waals surface area contributed by atoms with Crippen molar-refractivity contribution >= 4 is 45.9 Å². The maximum Gasteiger partial charge on any atom is 0.239 e. The molecule has 0 bridgehead atoms. The Balaban J connectivity index is 1.53. The number of amides is 2. The van der Waals surface area contributed by atoms with Crippen molar-refractivity contribution in [2.45, 2.75) is 18.6 Å². The topological polar surface area (TPSA) is 67.2 Å². The minimum absolute atomic E-state index is 0.0687. The number of nitrogens with one attached hydrogen (secondary N) is 1. The zero-order chi connectivity index (χ0) is 19.2. The number of aryl methyl sites for hydroxylation is 1. The van der Waals surface area contributed by atoms with Gasteiger partial charge in [0.25, 0.3) is 0 Å². The van der Waals surface area contributed by atoms with Gasteiger partial charge in [-0.1, -0.05) is 30.0 Å². The fraction of sp³-hybridized carbons (Fsp3) is 0.316. The molecule has 0 saturated carbocycles. The first-order chi connectivity index (χ1) is 13.1. The highest BCUT2D eigenvalue weighted by atomic mass is 32.2. The molecule has 8 heteroatoms. The van der Waals surface area contributed by atoms with E-state index in [4.69, 9.17) is 0 Å². The number of nitrogens with zero attached hydrogens (tertiary/aromatic N) is 3. The normalized spacial score (nSPS) is 10.9. The quantitative estimate of drug-likeness (QED) is 0.589. The number of hydrogen-bond acceptors (Lipinski definition) is 5. The molecule has 1 N–H and O–H groups in total. The van der Waals surface area contributed by atoms with Gasteiger partial charge in [0.1, 0.15) is 0 Å². The molecule has 0 unspecified atom stereocenters. The second-order valence-electron chi connectivity index (χ2n) is 5.99. The fourth-order valence-corrected chi connectivity index (χ4v) is 4.21. The summed E-state index contributed by atoms with van der Waals surface area (Å²) in [6.45, 7) is 2.94. The summed E-state index contributed by atoms with van der Waals surface area (Å²) in [5, 5.41) is 5.63. The Bertz CT molecular complexity index is 921.